The molecular formula is C27H37Cl2N5O4. The number of fused-ring (bicyclic) bond motifs is 1. The van der Waals surface area contributed by atoms with Gasteiger partial charge in [-0.05, 0) is 25.5 Å². The summed E-state index contributed by atoms with van der Waals surface area (Å²) in [6.45, 7) is 10.8. The highest BCUT2D eigenvalue weighted by atomic mass is 35.5. The van der Waals surface area contributed by atoms with Crippen molar-refractivity contribution in [2.24, 2.45) is 0 Å². The molecule has 3 heterocycles. The molecule has 38 heavy (non-hydrogen) atoms. The smallest absolute Gasteiger partial charge is 0.141 e. The van der Waals surface area contributed by atoms with Gasteiger partial charge < -0.3 is 30.0 Å². The second-order valence-corrected chi connectivity index (χ2v) is 9.30. The molecule has 3 N–H and O–H groups in total. The molecule has 4 rings (SSSR count). The van der Waals surface area contributed by atoms with Crippen LogP contribution in [-0.4, -0.2) is 81.7 Å². The molecule has 1 saturated heterocycles. The van der Waals surface area contributed by atoms with Crippen LogP contribution in [0.2, 0.25) is 10.0 Å². The second kappa shape index (κ2) is 15.1. The van der Waals surface area contributed by atoms with Gasteiger partial charge in [0.25, 0.3) is 0 Å². The molecule has 0 atom stereocenters. The Morgan fingerprint density at radius 3 is 2.32 bits per heavy atom. The van der Waals surface area contributed by atoms with Crippen molar-refractivity contribution < 1.29 is 18.9 Å². The summed E-state index contributed by atoms with van der Waals surface area (Å²) in [5.74, 6) is 1.99. The topological polar surface area (TPSA) is 104 Å². The minimum Gasteiger partial charge on any atom is -0.495 e. The van der Waals surface area contributed by atoms with E-state index in [1.165, 1.54) is 14.2 Å². The Bertz CT molecular complexity index is 1160. The first-order valence-electron chi connectivity index (χ1n) is 12.7. The Morgan fingerprint density at radius 1 is 1.05 bits per heavy atom. The number of hydrogen-bond donors (Lipinski definition) is 2. The molecule has 1 fully saturated rings. The van der Waals surface area contributed by atoms with Gasteiger partial charge in [-0.25, -0.2) is 9.97 Å². The first kappa shape index (κ1) is 30.0. The van der Waals surface area contributed by atoms with Gasteiger partial charge in [-0.2, -0.15) is 0 Å². The number of methoxy groups -OCH3 is 2. The fourth-order valence-electron chi connectivity index (χ4n) is 3.98. The van der Waals surface area contributed by atoms with Crippen molar-refractivity contribution in [2.45, 2.75) is 20.3 Å². The highest BCUT2D eigenvalue weighted by Gasteiger charge is 2.21. The monoisotopic (exact) mass is 565 g/mol. The Labute approximate surface area is 234 Å². The van der Waals surface area contributed by atoms with Crippen LogP contribution in [-0.2, 0) is 9.47 Å². The van der Waals surface area contributed by atoms with E-state index in [0.29, 0.717) is 51.0 Å². The van der Waals surface area contributed by atoms with E-state index in [1.54, 1.807) is 18.3 Å². The quantitative estimate of drug-likeness (QED) is 0.313. The van der Waals surface area contributed by atoms with Crippen LogP contribution in [0.4, 0.5) is 11.6 Å². The normalized spacial score (nSPS) is 13.6. The third-order valence-electron chi connectivity index (χ3n) is 5.94. The van der Waals surface area contributed by atoms with Crippen molar-refractivity contribution in [3.8, 4) is 22.8 Å². The lowest BCUT2D eigenvalue weighted by molar-refractivity contribution is 0.0398. The van der Waals surface area contributed by atoms with Crippen molar-refractivity contribution in [3.05, 3.63) is 34.4 Å². The summed E-state index contributed by atoms with van der Waals surface area (Å²) in [7, 11) is 3.08. The average Bonchev–Trinajstić information content (AvgIpc) is 2.93. The van der Waals surface area contributed by atoms with Gasteiger partial charge in [-0.3, -0.25) is 4.90 Å². The van der Waals surface area contributed by atoms with E-state index in [4.69, 9.17) is 52.9 Å². The van der Waals surface area contributed by atoms with Crippen LogP contribution in [0.5, 0.6) is 11.5 Å². The summed E-state index contributed by atoms with van der Waals surface area (Å²) in [4.78, 5) is 11.4. The van der Waals surface area contributed by atoms with E-state index in [9.17, 15) is 0 Å². The predicted octanol–water partition coefficient (Wildman–Crippen LogP) is 5.38. The van der Waals surface area contributed by atoms with Gasteiger partial charge >= 0.3 is 0 Å². The van der Waals surface area contributed by atoms with Gasteiger partial charge in [0.15, 0.2) is 0 Å². The highest BCUT2D eigenvalue weighted by Crippen LogP contribution is 2.46. The van der Waals surface area contributed by atoms with Crippen LogP contribution in [0.15, 0.2) is 24.4 Å². The van der Waals surface area contributed by atoms with E-state index in [0.717, 1.165) is 63.3 Å². The largest absolute Gasteiger partial charge is 0.495 e. The van der Waals surface area contributed by atoms with E-state index in [1.807, 2.05) is 13.0 Å². The lowest BCUT2D eigenvalue weighted by Gasteiger charge is -2.26. The number of nitrogens with one attached hydrogen (secondary N) is 1. The Hall–Kier alpha value is -2.56. The lowest BCUT2D eigenvalue weighted by atomic mass is 10.1. The molecule has 0 aliphatic carbocycles. The van der Waals surface area contributed by atoms with E-state index in [2.05, 4.69) is 22.1 Å². The molecule has 0 radical (unpaired) electrons. The summed E-state index contributed by atoms with van der Waals surface area (Å²) < 4.78 is 21.2. The molecule has 0 saturated carbocycles. The number of pyridine rings is 2. The third-order valence-corrected chi connectivity index (χ3v) is 6.69. The minimum absolute atomic E-state index is 0.354. The molecule has 1 aromatic carbocycles. The molecule has 1 aliphatic heterocycles. The SMILES string of the molecule is CCCOCC.COc1cc(OC)c(Cl)c(-c2cc3cnc(N)cc3c(NCCN3CCOCC3)n2)c1Cl. The van der Waals surface area contributed by atoms with Gasteiger partial charge in [-0.15, -0.1) is 0 Å². The molecular weight excluding hydrogens is 529 g/mol. The molecule has 208 valence electrons. The second-order valence-electron chi connectivity index (χ2n) is 8.55. The standard InChI is InChI=1S/C22H25Cl2N5O3.C5H12O/c1-30-16-11-17(31-2)21(24)19(20(16)23)15-9-13-12-27-18(25)10-14(13)22(28-15)26-3-4-29-5-7-32-8-6-29;1-3-5-6-4-2/h9-12H,3-8H2,1-2H3,(H2,25,27)(H,26,28);3-5H2,1-2H3. The van der Waals surface area contributed by atoms with E-state index in [-0.39, 0.29) is 0 Å². The molecule has 1 aliphatic rings. The summed E-state index contributed by atoms with van der Waals surface area (Å²) in [6, 6.07) is 5.33. The molecule has 9 nitrogen and oxygen atoms in total. The van der Waals surface area contributed by atoms with Gasteiger partial charge in [0, 0.05) is 68.0 Å². The number of nitrogens with zero attached hydrogens (tertiary/aromatic N) is 3. The van der Waals surface area contributed by atoms with Crippen molar-refractivity contribution in [2.75, 3.05) is 77.9 Å². The zero-order valence-corrected chi connectivity index (χ0v) is 24.0. The summed E-state index contributed by atoms with van der Waals surface area (Å²) in [5.41, 5.74) is 7.05. The van der Waals surface area contributed by atoms with Crippen LogP contribution in [0.25, 0.3) is 22.0 Å². The molecule has 0 spiro atoms. The molecule has 0 amide bonds. The van der Waals surface area contributed by atoms with E-state index < -0.39 is 0 Å². The zero-order valence-electron chi connectivity index (χ0n) is 22.5. The maximum Gasteiger partial charge on any atom is 0.141 e. The molecule has 11 heteroatoms. The number of nitrogens with two attached hydrogens (primary N) is 1. The van der Waals surface area contributed by atoms with Gasteiger partial charge in [-0.1, -0.05) is 30.1 Å². The van der Waals surface area contributed by atoms with Gasteiger partial charge in [0.1, 0.15) is 23.1 Å². The van der Waals surface area contributed by atoms with Crippen molar-refractivity contribution in [3.63, 3.8) is 0 Å². The number of rotatable bonds is 10. The van der Waals surface area contributed by atoms with Gasteiger partial charge in [0.2, 0.25) is 0 Å². The van der Waals surface area contributed by atoms with Crippen molar-refractivity contribution >= 4 is 45.6 Å². The Balaban J connectivity index is 0.000000599. The zero-order chi connectivity index (χ0) is 27.5. The summed E-state index contributed by atoms with van der Waals surface area (Å²) >= 11 is 13.3. The first-order chi connectivity index (χ1) is 18.4. The van der Waals surface area contributed by atoms with Crippen LogP contribution >= 0.6 is 23.2 Å². The maximum atomic E-state index is 6.63. The molecule has 2 aromatic heterocycles. The maximum absolute atomic E-state index is 6.63. The molecule has 0 unspecified atom stereocenters. The van der Waals surface area contributed by atoms with Gasteiger partial charge in [0.05, 0.1) is 43.2 Å². The number of morpholine rings is 1. The number of hydrogen-bond acceptors (Lipinski definition) is 9. The van der Waals surface area contributed by atoms with Crippen LogP contribution in [0, 0.1) is 0 Å². The van der Waals surface area contributed by atoms with Crippen LogP contribution < -0.4 is 20.5 Å². The molecule has 3 aromatic rings. The van der Waals surface area contributed by atoms with Crippen molar-refractivity contribution in [1.29, 1.82) is 0 Å². The lowest BCUT2D eigenvalue weighted by Crippen LogP contribution is -2.39. The number of halogens is 2. The summed E-state index contributed by atoms with van der Waals surface area (Å²) in [5, 5.41) is 5.87. The Morgan fingerprint density at radius 2 is 1.74 bits per heavy atom. The highest BCUT2D eigenvalue weighted by molar-refractivity contribution is 6.41. The number of nitrogen functional groups attached to an aromatic ring is 1. The van der Waals surface area contributed by atoms with Crippen LogP contribution in [0.1, 0.15) is 20.3 Å². The minimum atomic E-state index is 0.354. The number of anilines is 2. The summed E-state index contributed by atoms with van der Waals surface area (Å²) in [6.07, 6.45) is 2.84. The average molecular weight is 567 g/mol. The van der Waals surface area contributed by atoms with E-state index >= 15 is 0 Å². The number of benzene rings is 1. The Kier molecular flexibility index (Phi) is 11.9. The third kappa shape index (κ3) is 7.74. The number of ether oxygens (including phenoxy) is 4. The fourth-order valence-corrected chi connectivity index (χ4v) is 4.68. The number of aromatic nitrogens is 2. The van der Waals surface area contributed by atoms with Crippen molar-refractivity contribution in [1.82, 2.24) is 14.9 Å². The fraction of sp³-hybridized carbons (Fsp3) is 0.481. The molecule has 0 bridgehead atoms. The predicted molar refractivity (Wildman–Crippen MR) is 155 cm³/mol. The van der Waals surface area contributed by atoms with Crippen LogP contribution in [0.3, 0.4) is 0 Å². The first-order valence-corrected chi connectivity index (χ1v) is 13.5.